The first-order chi connectivity index (χ1) is 11.3. The normalized spacial score (nSPS) is 15.3. The molecule has 1 aliphatic rings. The molecule has 0 atom stereocenters. The molecule has 1 fully saturated rings. The number of rotatable bonds is 5. The summed E-state index contributed by atoms with van der Waals surface area (Å²) in [6, 6.07) is 10.1. The Balaban J connectivity index is 1.65. The average molecular weight is 328 g/mol. The number of thioether (sulfide) groups is 1. The highest BCUT2D eigenvalue weighted by Gasteiger charge is 2.18. The van der Waals surface area contributed by atoms with Gasteiger partial charge in [-0.05, 0) is 18.4 Å². The third-order valence-electron chi connectivity index (χ3n) is 3.71. The van der Waals surface area contributed by atoms with Crippen molar-refractivity contribution in [1.29, 1.82) is 0 Å². The van der Waals surface area contributed by atoms with Gasteiger partial charge in [0.1, 0.15) is 5.03 Å². The molecule has 1 N–H and O–H groups in total. The van der Waals surface area contributed by atoms with Crippen molar-refractivity contribution in [2.24, 2.45) is 0 Å². The quantitative estimate of drug-likeness (QED) is 0.855. The van der Waals surface area contributed by atoms with Gasteiger partial charge in [0.05, 0.1) is 0 Å². The molecule has 6 heteroatoms. The lowest BCUT2D eigenvalue weighted by atomic mass is 10.2. The molecule has 1 aromatic carbocycles. The van der Waals surface area contributed by atoms with E-state index in [1.165, 1.54) is 23.7 Å². The van der Waals surface area contributed by atoms with E-state index in [-0.39, 0.29) is 5.91 Å². The predicted molar refractivity (Wildman–Crippen MR) is 90.9 cm³/mol. The Morgan fingerprint density at radius 2 is 1.83 bits per heavy atom. The maximum atomic E-state index is 12.5. The van der Waals surface area contributed by atoms with E-state index in [1.807, 2.05) is 23.2 Å². The van der Waals surface area contributed by atoms with Crippen molar-refractivity contribution in [2.75, 3.05) is 13.1 Å². The summed E-state index contributed by atoms with van der Waals surface area (Å²) >= 11 is 1.54. The van der Waals surface area contributed by atoms with Crippen molar-refractivity contribution in [1.82, 2.24) is 20.4 Å². The Morgan fingerprint density at radius 1 is 1.09 bits per heavy atom. The molecule has 1 amide bonds. The van der Waals surface area contributed by atoms with Crippen LogP contribution in [0.5, 0.6) is 0 Å². The maximum absolute atomic E-state index is 12.5. The van der Waals surface area contributed by atoms with Crippen molar-refractivity contribution in [3.05, 3.63) is 54.0 Å². The molecule has 1 aliphatic heterocycles. The molecule has 23 heavy (non-hydrogen) atoms. The van der Waals surface area contributed by atoms with Crippen LogP contribution in [-0.2, 0) is 5.75 Å². The third kappa shape index (κ3) is 4.53. The van der Waals surface area contributed by atoms with Crippen LogP contribution in [0, 0.1) is 0 Å². The van der Waals surface area contributed by atoms with Gasteiger partial charge in [-0.3, -0.25) is 10.2 Å². The minimum Gasteiger partial charge on any atom is -0.283 e. The summed E-state index contributed by atoms with van der Waals surface area (Å²) in [4.78, 5) is 21.0. The number of amides is 1. The zero-order valence-corrected chi connectivity index (χ0v) is 13.8. The molecule has 0 saturated carbocycles. The standard InChI is InChI=1S/C17H20N4OS/c22-16(20-21-11-5-2-6-12-21)15-17(19-10-9-18-15)23-13-14-7-3-1-4-8-14/h1,3-4,7-10H,2,5-6,11-13H2,(H,20,22). The minimum absolute atomic E-state index is 0.171. The molecular formula is C17H20N4OS. The van der Waals surface area contributed by atoms with Crippen LogP contribution >= 0.6 is 11.8 Å². The largest absolute Gasteiger partial charge is 0.286 e. The van der Waals surface area contributed by atoms with Crippen LogP contribution in [0.4, 0.5) is 0 Å². The lowest BCUT2D eigenvalue weighted by molar-refractivity contribution is 0.0740. The lowest BCUT2D eigenvalue weighted by Crippen LogP contribution is -2.45. The number of hydrogen-bond donors (Lipinski definition) is 1. The van der Waals surface area contributed by atoms with Gasteiger partial charge in [0, 0.05) is 31.2 Å². The Hall–Kier alpha value is -1.92. The first-order valence-electron chi connectivity index (χ1n) is 7.86. The van der Waals surface area contributed by atoms with E-state index in [9.17, 15) is 4.79 Å². The second-order valence-corrected chi connectivity index (χ2v) is 6.44. The summed E-state index contributed by atoms with van der Waals surface area (Å²) in [7, 11) is 0. The summed E-state index contributed by atoms with van der Waals surface area (Å²) in [6.45, 7) is 1.80. The maximum Gasteiger partial charge on any atom is 0.286 e. The Morgan fingerprint density at radius 3 is 2.61 bits per heavy atom. The fourth-order valence-electron chi connectivity index (χ4n) is 2.51. The van der Waals surface area contributed by atoms with Crippen molar-refractivity contribution < 1.29 is 4.79 Å². The second-order valence-electron chi connectivity index (χ2n) is 5.47. The minimum atomic E-state index is -0.171. The fraction of sp³-hybridized carbons (Fsp3) is 0.353. The van der Waals surface area contributed by atoms with E-state index in [2.05, 4.69) is 27.5 Å². The van der Waals surface area contributed by atoms with Gasteiger partial charge in [0.25, 0.3) is 5.91 Å². The predicted octanol–water partition coefficient (Wildman–Crippen LogP) is 2.90. The summed E-state index contributed by atoms with van der Waals surface area (Å²) < 4.78 is 0. The molecule has 0 spiro atoms. The third-order valence-corrected chi connectivity index (χ3v) is 4.76. The van der Waals surface area contributed by atoms with Crippen LogP contribution in [0.15, 0.2) is 47.8 Å². The van der Waals surface area contributed by atoms with Gasteiger partial charge in [0.2, 0.25) is 0 Å². The van der Waals surface area contributed by atoms with Gasteiger partial charge in [-0.1, -0.05) is 48.5 Å². The SMILES string of the molecule is O=C(NN1CCCCC1)c1nccnc1SCc1ccccc1. The highest BCUT2D eigenvalue weighted by molar-refractivity contribution is 7.98. The number of benzene rings is 1. The van der Waals surface area contributed by atoms with E-state index in [0.717, 1.165) is 31.7 Å². The number of nitrogens with zero attached hydrogens (tertiary/aromatic N) is 3. The monoisotopic (exact) mass is 328 g/mol. The first kappa shape index (κ1) is 16.0. The van der Waals surface area contributed by atoms with E-state index < -0.39 is 0 Å². The molecule has 120 valence electrons. The van der Waals surface area contributed by atoms with Gasteiger partial charge < -0.3 is 0 Å². The zero-order chi connectivity index (χ0) is 15.9. The van der Waals surface area contributed by atoms with Gasteiger partial charge in [-0.2, -0.15) is 0 Å². The highest BCUT2D eigenvalue weighted by Crippen LogP contribution is 2.23. The molecule has 2 heterocycles. The molecule has 1 saturated heterocycles. The topological polar surface area (TPSA) is 58.1 Å². The molecule has 0 unspecified atom stereocenters. The second kappa shape index (κ2) is 8.08. The number of carbonyl (C=O) groups is 1. The van der Waals surface area contributed by atoms with Gasteiger partial charge >= 0.3 is 0 Å². The number of nitrogens with one attached hydrogen (secondary N) is 1. The van der Waals surface area contributed by atoms with Crippen LogP contribution in [0.1, 0.15) is 35.3 Å². The van der Waals surface area contributed by atoms with Crippen LogP contribution in [0.25, 0.3) is 0 Å². The van der Waals surface area contributed by atoms with Crippen molar-refractivity contribution in [3.8, 4) is 0 Å². The van der Waals surface area contributed by atoms with Crippen molar-refractivity contribution in [3.63, 3.8) is 0 Å². The molecule has 0 bridgehead atoms. The molecule has 3 rings (SSSR count). The highest BCUT2D eigenvalue weighted by atomic mass is 32.2. The summed E-state index contributed by atoms with van der Waals surface area (Å²) in [5, 5.41) is 2.65. The van der Waals surface area contributed by atoms with Crippen LogP contribution < -0.4 is 5.43 Å². The Labute approximate surface area is 140 Å². The van der Waals surface area contributed by atoms with E-state index in [0.29, 0.717) is 10.7 Å². The molecule has 0 aliphatic carbocycles. The molecular weight excluding hydrogens is 308 g/mol. The summed E-state index contributed by atoms with van der Waals surface area (Å²) in [5.74, 6) is 0.597. The smallest absolute Gasteiger partial charge is 0.283 e. The van der Waals surface area contributed by atoms with Crippen molar-refractivity contribution >= 4 is 17.7 Å². The summed E-state index contributed by atoms with van der Waals surface area (Å²) in [5.41, 5.74) is 4.55. The fourth-order valence-corrected chi connectivity index (χ4v) is 3.43. The number of hydrazine groups is 1. The van der Waals surface area contributed by atoms with Crippen LogP contribution in [0.2, 0.25) is 0 Å². The van der Waals surface area contributed by atoms with E-state index in [4.69, 9.17) is 0 Å². The molecule has 1 aromatic heterocycles. The van der Waals surface area contributed by atoms with E-state index >= 15 is 0 Å². The zero-order valence-electron chi connectivity index (χ0n) is 12.9. The number of carbonyl (C=O) groups excluding carboxylic acids is 1. The van der Waals surface area contributed by atoms with Crippen LogP contribution in [0.3, 0.4) is 0 Å². The van der Waals surface area contributed by atoms with Gasteiger partial charge in [-0.25, -0.2) is 15.0 Å². The summed E-state index contributed by atoms with van der Waals surface area (Å²) in [6.07, 6.45) is 6.67. The molecule has 2 aromatic rings. The number of hydrogen-bond acceptors (Lipinski definition) is 5. The Bertz CT molecular complexity index is 644. The lowest BCUT2D eigenvalue weighted by Gasteiger charge is -2.26. The van der Waals surface area contributed by atoms with E-state index in [1.54, 1.807) is 12.4 Å². The first-order valence-corrected chi connectivity index (χ1v) is 8.85. The number of aromatic nitrogens is 2. The molecule has 5 nitrogen and oxygen atoms in total. The molecule has 0 radical (unpaired) electrons. The van der Waals surface area contributed by atoms with Gasteiger partial charge in [0.15, 0.2) is 5.69 Å². The van der Waals surface area contributed by atoms with Crippen molar-refractivity contribution in [2.45, 2.75) is 30.0 Å². The average Bonchev–Trinajstić information content (AvgIpc) is 2.62. The van der Waals surface area contributed by atoms with Gasteiger partial charge in [-0.15, -0.1) is 0 Å². The van der Waals surface area contributed by atoms with Crippen LogP contribution in [-0.4, -0.2) is 34.0 Å². The number of piperidine rings is 1. The Kier molecular flexibility index (Phi) is 5.60.